The fraction of sp³-hybridized carbons (Fsp3) is 0.429. The van der Waals surface area contributed by atoms with Crippen molar-refractivity contribution >= 4 is 11.8 Å². The second-order valence-corrected chi connectivity index (χ2v) is 5.40. The molecule has 2 aromatic rings. The average Bonchev–Trinajstić information content (AvgIpc) is 2.86. The first-order valence-corrected chi connectivity index (χ1v) is 7.21. The molecule has 1 saturated heterocycles. The van der Waals surface area contributed by atoms with Crippen LogP contribution in [0.3, 0.4) is 0 Å². The minimum Gasteiger partial charge on any atom is -0.352 e. The lowest BCUT2D eigenvalue weighted by molar-refractivity contribution is 0.204. The number of hydrogen-bond donors (Lipinski definition) is 1. The number of nitrogens with zero attached hydrogens (tertiary/aromatic N) is 6. The second kappa shape index (κ2) is 5.63. The van der Waals surface area contributed by atoms with Crippen molar-refractivity contribution < 1.29 is 4.79 Å². The Morgan fingerprint density at radius 1 is 1.09 bits per heavy atom. The second-order valence-electron chi connectivity index (χ2n) is 5.40. The molecule has 1 fully saturated rings. The van der Waals surface area contributed by atoms with Gasteiger partial charge in [-0.1, -0.05) is 0 Å². The smallest absolute Gasteiger partial charge is 0.314 e. The molecule has 3 rings (SSSR count). The van der Waals surface area contributed by atoms with Crippen LogP contribution in [0.4, 0.5) is 10.6 Å². The van der Waals surface area contributed by atoms with Gasteiger partial charge in [-0.2, -0.15) is 5.10 Å². The molecule has 2 N–H and O–H groups in total. The van der Waals surface area contributed by atoms with Gasteiger partial charge in [0.05, 0.1) is 5.69 Å². The summed E-state index contributed by atoms with van der Waals surface area (Å²) in [7, 11) is 0. The maximum absolute atomic E-state index is 11.1. The first kappa shape index (κ1) is 14.3. The van der Waals surface area contributed by atoms with E-state index in [-0.39, 0.29) is 6.03 Å². The van der Waals surface area contributed by atoms with Crippen molar-refractivity contribution in [1.29, 1.82) is 0 Å². The SMILES string of the molecule is Cc1cc(C)n(-c2ccc(N3CCN(C(N)=O)CC3)nn2)n1. The van der Waals surface area contributed by atoms with Gasteiger partial charge in [-0.3, -0.25) is 0 Å². The van der Waals surface area contributed by atoms with E-state index in [1.165, 1.54) is 0 Å². The fourth-order valence-electron chi connectivity index (χ4n) is 2.62. The third-order valence-corrected chi connectivity index (χ3v) is 3.78. The number of hydrogen-bond acceptors (Lipinski definition) is 5. The highest BCUT2D eigenvalue weighted by Crippen LogP contribution is 2.15. The zero-order chi connectivity index (χ0) is 15.7. The predicted octanol–water partition coefficient (Wildman–Crippen LogP) is 0.480. The average molecular weight is 301 g/mol. The van der Waals surface area contributed by atoms with Crippen LogP contribution in [0.15, 0.2) is 18.2 Å². The van der Waals surface area contributed by atoms with E-state index in [0.29, 0.717) is 32.0 Å². The van der Waals surface area contributed by atoms with E-state index in [2.05, 4.69) is 20.2 Å². The van der Waals surface area contributed by atoms with Crippen LogP contribution in [0, 0.1) is 13.8 Å². The molecule has 22 heavy (non-hydrogen) atoms. The lowest BCUT2D eigenvalue weighted by atomic mass is 10.3. The molecule has 116 valence electrons. The Morgan fingerprint density at radius 3 is 2.23 bits per heavy atom. The number of rotatable bonds is 2. The molecule has 8 nitrogen and oxygen atoms in total. The molecule has 0 aromatic carbocycles. The molecule has 0 radical (unpaired) electrons. The van der Waals surface area contributed by atoms with Crippen molar-refractivity contribution in [3.8, 4) is 5.82 Å². The summed E-state index contributed by atoms with van der Waals surface area (Å²) in [5.41, 5.74) is 7.26. The minimum atomic E-state index is -0.370. The number of amides is 2. The van der Waals surface area contributed by atoms with Gasteiger partial charge in [0, 0.05) is 31.9 Å². The summed E-state index contributed by atoms with van der Waals surface area (Å²) in [6, 6.07) is 5.46. The van der Waals surface area contributed by atoms with Crippen LogP contribution in [0.2, 0.25) is 0 Å². The minimum absolute atomic E-state index is 0.370. The van der Waals surface area contributed by atoms with E-state index in [9.17, 15) is 4.79 Å². The Morgan fingerprint density at radius 2 is 1.73 bits per heavy atom. The molecule has 2 amide bonds. The standard InChI is InChI=1S/C14H19N7O/c1-10-9-11(2)21(18-10)13-4-3-12(16-17-13)19-5-7-20(8-6-19)14(15)22/h3-4,9H,5-8H2,1-2H3,(H2,15,22). The zero-order valence-corrected chi connectivity index (χ0v) is 12.7. The van der Waals surface area contributed by atoms with Crippen molar-refractivity contribution in [3.05, 3.63) is 29.6 Å². The summed E-state index contributed by atoms with van der Waals surface area (Å²) in [6.07, 6.45) is 0. The molecular weight excluding hydrogens is 282 g/mol. The van der Waals surface area contributed by atoms with Crippen LogP contribution in [0.5, 0.6) is 0 Å². The van der Waals surface area contributed by atoms with Gasteiger partial charge in [-0.25, -0.2) is 9.48 Å². The third-order valence-electron chi connectivity index (χ3n) is 3.78. The van der Waals surface area contributed by atoms with Gasteiger partial charge in [0.25, 0.3) is 0 Å². The lowest BCUT2D eigenvalue weighted by Crippen LogP contribution is -2.50. The first-order valence-electron chi connectivity index (χ1n) is 7.21. The van der Waals surface area contributed by atoms with Crippen LogP contribution in [0.1, 0.15) is 11.4 Å². The molecular formula is C14H19N7O. The Balaban J connectivity index is 1.72. The summed E-state index contributed by atoms with van der Waals surface area (Å²) in [5.74, 6) is 1.50. The van der Waals surface area contributed by atoms with Crippen LogP contribution in [-0.2, 0) is 0 Å². The van der Waals surface area contributed by atoms with E-state index >= 15 is 0 Å². The Bertz CT molecular complexity index is 671. The van der Waals surface area contributed by atoms with Gasteiger partial charge < -0.3 is 15.5 Å². The molecule has 0 unspecified atom stereocenters. The van der Waals surface area contributed by atoms with Crippen molar-refractivity contribution in [3.63, 3.8) is 0 Å². The molecule has 0 aliphatic carbocycles. The summed E-state index contributed by atoms with van der Waals surface area (Å²) in [6.45, 7) is 6.56. The van der Waals surface area contributed by atoms with Crippen molar-refractivity contribution in [2.75, 3.05) is 31.1 Å². The van der Waals surface area contributed by atoms with Crippen molar-refractivity contribution in [2.24, 2.45) is 5.73 Å². The van der Waals surface area contributed by atoms with Gasteiger partial charge in [0.2, 0.25) is 0 Å². The predicted molar refractivity (Wildman–Crippen MR) is 82.0 cm³/mol. The molecule has 8 heteroatoms. The Labute approximate surface area is 128 Å². The molecule has 1 aliphatic heterocycles. The molecule has 0 atom stereocenters. The van der Waals surface area contributed by atoms with Crippen LogP contribution in [-0.4, -0.2) is 57.1 Å². The highest BCUT2D eigenvalue weighted by molar-refractivity contribution is 5.72. The topological polar surface area (TPSA) is 93.2 Å². The number of aromatic nitrogens is 4. The molecule has 0 spiro atoms. The maximum Gasteiger partial charge on any atom is 0.314 e. The Kier molecular flexibility index (Phi) is 3.66. The summed E-state index contributed by atoms with van der Waals surface area (Å²) < 4.78 is 1.77. The fourth-order valence-corrected chi connectivity index (χ4v) is 2.62. The van der Waals surface area contributed by atoms with E-state index in [4.69, 9.17) is 5.73 Å². The third kappa shape index (κ3) is 2.72. The number of carbonyl (C=O) groups excluding carboxylic acids is 1. The molecule has 3 heterocycles. The van der Waals surface area contributed by atoms with Gasteiger partial charge in [-0.15, -0.1) is 10.2 Å². The number of anilines is 1. The van der Waals surface area contributed by atoms with Crippen molar-refractivity contribution in [1.82, 2.24) is 24.9 Å². The van der Waals surface area contributed by atoms with Gasteiger partial charge in [-0.05, 0) is 32.0 Å². The van der Waals surface area contributed by atoms with E-state index in [1.54, 1.807) is 9.58 Å². The number of primary amides is 1. The number of carbonyl (C=O) groups is 1. The molecule has 0 saturated carbocycles. The molecule has 1 aliphatic rings. The quantitative estimate of drug-likeness (QED) is 0.871. The van der Waals surface area contributed by atoms with E-state index in [0.717, 1.165) is 17.2 Å². The highest BCUT2D eigenvalue weighted by atomic mass is 16.2. The first-order chi connectivity index (χ1) is 10.5. The molecule has 2 aromatic heterocycles. The monoisotopic (exact) mass is 301 g/mol. The highest BCUT2D eigenvalue weighted by Gasteiger charge is 2.20. The van der Waals surface area contributed by atoms with Gasteiger partial charge in [0.15, 0.2) is 11.6 Å². The summed E-state index contributed by atoms with van der Waals surface area (Å²) >= 11 is 0. The number of urea groups is 1. The number of aryl methyl sites for hydroxylation is 2. The normalized spacial score (nSPS) is 15.2. The van der Waals surface area contributed by atoms with Crippen LogP contribution >= 0.6 is 0 Å². The van der Waals surface area contributed by atoms with Crippen LogP contribution in [0.25, 0.3) is 5.82 Å². The van der Waals surface area contributed by atoms with E-state index in [1.807, 2.05) is 32.0 Å². The Hall–Kier alpha value is -2.64. The van der Waals surface area contributed by atoms with Gasteiger partial charge in [0.1, 0.15) is 0 Å². The van der Waals surface area contributed by atoms with E-state index < -0.39 is 0 Å². The lowest BCUT2D eigenvalue weighted by Gasteiger charge is -2.34. The number of piperazine rings is 1. The summed E-state index contributed by atoms with van der Waals surface area (Å²) in [4.78, 5) is 14.9. The summed E-state index contributed by atoms with van der Waals surface area (Å²) in [5, 5.41) is 12.9. The van der Waals surface area contributed by atoms with Crippen LogP contribution < -0.4 is 10.6 Å². The zero-order valence-electron chi connectivity index (χ0n) is 12.7. The largest absolute Gasteiger partial charge is 0.352 e. The molecule has 0 bridgehead atoms. The number of nitrogens with two attached hydrogens (primary N) is 1. The van der Waals surface area contributed by atoms with Gasteiger partial charge >= 0.3 is 6.03 Å². The maximum atomic E-state index is 11.1. The van der Waals surface area contributed by atoms with Crippen molar-refractivity contribution in [2.45, 2.75) is 13.8 Å².